The summed E-state index contributed by atoms with van der Waals surface area (Å²) in [6.07, 6.45) is 2.99. The fourth-order valence-corrected chi connectivity index (χ4v) is 2.52. The molecule has 3 nitrogen and oxygen atoms in total. The summed E-state index contributed by atoms with van der Waals surface area (Å²) in [6, 6.07) is 10.1. The number of amides is 1. The Kier molecular flexibility index (Phi) is 2.21. The van der Waals surface area contributed by atoms with Crippen LogP contribution in [0.25, 0.3) is 0 Å². The molecule has 1 heterocycles. The number of carbonyl (C=O) groups is 1. The first kappa shape index (κ1) is 9.85. The third-order valence-electron chi connectivity index (χ3n) is 3.63. The van der Waals surface area contributed by atoms with Crippen LogP contribution in [-0.2, 0) is 16.1 Å². The zero-order valence-electron chi connectivity index (χ0n) is 9.11. The summed E-state index contributed by atoms with van der Waals surface area (Å²) in [6.45, 7) is 0.642. The summed E-state index contributed by atoms with van der Waals surface area (Å²) in [4.78, 5) is 11.0. The van der Waals surface area contributed by atoms with Gasteiger partial charge in [-0.15, -0.1) is 0 Å². The van der Waals surface area contributed by atoms with E-state index in [4.69, 9.17) is 4.74 Å². The summed E-state index contributed by atoms with van der Waals surface area (Å²) in [5.41, 5.74) is 1.18. The second kappa shape index (κ2) is 3.59. The highest BCUT2D eigenvalue weighted by molar-refractivity contribution is 5.85. The van der Waals surface area contributed by atoms with Gasteiger partial charge in [-0.25, -0.2) is 0 Å². The van der Waals surface area contributed by atoms with E-state index in [9.17, 15) is 4.79 Å². The average Bonchev–Trinajstić information content (AvgIpc) is 2.25. The van der Waals surface area contributed by atoms with Crippen molar-refractivity contribution >= 4 is 5.91 Å². The van der Waals surface area contributed by atoms with Crippen molar-refractivity contribution < 1.29 is 9.53 Å². The molecule has 0 bridgehead atoms. The lowest BCUT2D eigenvalue weighted by Gasteiger charge is -2.54. The molecule has 1 aromatic carbocycles. The molecule has 1 saturated heterocycles. The minimum Gasteiger partial charge on any atom is -0.371 e. The Hall–Kier alpha value is -1.35. The quantitative estimate of drug-likeness (QED) is 0.781. The van der Waals surface area contributed by atoms with Crippen LogP contribution in [0.2, 0.25) is 0 Å². The van der Waals surface area contributed by atoms with Gasteiger partial charge in [0.05, 0.1) is 24.7 Å². The fourth-order valence-electron chi connectivity index (χ4n) is 2.52. The van der Waals surface area contributed by atoms with Crippen molar-refractivity contribution in [3.8, 4) is 0 Å². The normalized spacial score (nSPS) is 31.8. The van der Waals surface area contributed by atoms with Crippen LogP contribution in [0.1, 0.15) is 24.8 Å². The summed E-state index contributed by atoms with van der Waals surface area (Å²) in [5, 5.41) is 2.98. The van der Waals surface area contributed by atoms with Crippen molar-refractivity contribution in [1.29, 1.82) is 0 Å². The first-order chi connectivity index (χ1) is 7.78. The van der Waals surface area contributed by atoms with E-state index in [0.717, 1.165) is 12.8 Å². The van der Waals surface area contributed by atoms with Crippen LogP contribution in [0.15, 0.2) is 30.3 Å². The van der Waals surface area contributed by atoms with Crippen LogP contribution in [0.4, 0.5) is 0 Å². The first-order valence-electron chi connectivity index (χ1n) is 5.75. The Morgan fingerprint density at radius 1 is 1.38 bits per heavy atom. The lowest BCUT2D eigenvalue weighted by Crippen LogP contribution is -2.72. The Balaban J connectivity index is 1.55. The molecule has 0 aromatic heterocycles. The smallest absolute Gasteiger partial charge is 0.222 e. The van der Waals surface area contributed by atoms with E-state index < -0.39 is 0 Å². The van der Waals surface area contributed by atoms with E-state index in [1.807, 2.05) is 18.2 Å². The minimum atomic E-state index is -0.00807. The highest BCUT2D eigenvalue weighted by atomic mass is 16.5. The number of rotatable bonds is 3. The van der Waals surface area contributed by atoms with Gasteiger partial charge >= 0.3 is 0 Å². The lowest BCUT2D eigenvalue weighted by molar-refractivity contribution is -0.157. The minimum absolute atomic E-state index is 0.00807. The van der Waals surface area contributed by atoms with E-state index in [1.54, 1.807) is 0 Å². The van der Waals surface area contributed by atoms with E-state index in [-0.39, 0.29) is 17.6 Å². The second-order valence-electron chi connectivity index (χ2n) is 4.71. The third kappa shape index (κ3) is 1.52. The molecule has 2 atom stereocenters. The monoisotopic (exact) mass is 217 g/mol. The zero-order chi connectivity index (χ0) is 11.0. The van der Waals surface area contributed by atoms with Crippen LogP contribution in [0, 0.1) is 0 Å². The topological polar surface area (TPSA) is 38.3 Å². The highest BCUT2D eigenvalue weighted by Crippen LogP contribution is 2.42. The van der Waals surface area contributed by atoms with Gasteiger partial charge in [-0.2, -0.15) is 0 Å². The molecule has 1 aliphatic heterocycles. The van der Waals surface area contributed by atoms with Gasteiger partial charge < -0.3 is 10.1 Å². The number of ether oxygens (including phenoxy) is 1. The molecule has 1 amide bonds. The number of benzene rings is 1. The van der Waals surface area contributed by atoms with Gasteiger partial charge in [0.15, 0.2) is 0 Å². The van der Waals surface area contributed by atoms with Crippen molar-refractivity contribution in [2.45, 2.75) is 37.5 Å². The molecular weight excluding hydrogens is 202 g/mol. The van der Waals surface area contributed by atoms with Crippen LogP contribution in [-0.4, -0.2) is 17.6 Å². The number of hydrogen-bond acceptors (Lipinski definition) is 2. The zero-order valence-corrected chi connectivity index (χ0v) is 9.11. The molecule has 1 aromatic rings. The maximum Gasteiger partial charge on any atom is 0.222 e. The second-order valence-corrected chi connectivity index (χ2v) is 4.71. The van der Waals surface area contributed by atoms with Gasteiger partial charge in [0.25, 0.3) is 0 Å². The molecule has 2 aliphatic rings. The summed E-state index contributed by atoms with van der Waals surface area (Å²) in [5.74, 6) is 0.160. The molecule has 16 heavy (non-hydrogen) atoms. The van der Waals surface area contributed by atoms with Gasteiger partial charge in [-0.3, -0.25) is 4.79 Å². The Labute approximate surface area is 94.8 Å². The third-order valence-corrected chi connectivity index (χ3v) is 3.63. The summed E-state index contributed by atoms with van der Waals surface area (Å²) < 4.78 is 5.86. The summed E-state index contributed by atoms with van der Waals surface area (Å²) >= 11 is 0. The number of nitrogens with one attached hydrogen (secondary N) is 1. The molecule has 3 rings (SSSR count). The molecule has 1 saturated carbocycles. The lowest BCUT2D eigenvalue weighted by atomic mass is 9.67. The Bertz CT molecular complexity index is 394. The predicted molar refractivity (Wildman–Crippen MR) is 59.7 cm³/mol. The highest BCUT2D eigenvalue weighted by Gasteiger charge is 2.55. The number of carbonyl (C=O) groups excluding carboxylic acids is 1. The molecule has 1 spiro atoms. The van der Waals surface area contributed by atoms with Gasteiger partial charge in [-0.1, -0.05) is 30.3 Å². The van der Waals surface area contributed by atoms with E-state index in [2.05, 4.69) is 17.4 Å². The van der Waals surface area contributed by atoms with Gasteiger partial charge in [0, 0.05) is 0 Å². The maximum absolute atomic E-state index is 11.0. The number of hydrogen-bond donors (Lipinski definition) is 1. The summed E-state index contributed by atoms with van der Waals surface area (Å²) in [7, 11) is 0. The van der Waals surface area contributed by atoms with Crippen LogP contribution >= 0.6 is 0 Å². The van der Waals surface area contributed by atoms with E-state index >= 15 is 0 Å². The first-order valence-corrected chi connectivity index (χ1v) is 5.75. The van der Waals surface area contributed by atoms with Gasteiger partial charge in [-0.05, 0) is 18.4 Å². The number of β-lactam (4-membered cyclic amide) rings is 1. The van der Waals surface area contributed by atoms with Crippen molar-refractivity contribution in [2.24, 2.45) is 0 Å². The van der Waals surface area contributed by atoms with Crippen molar-refractivity contribution in [1.82, 2.24) is 5.32 Å². The van der Waals surface area contributed by atoms with E-state index in [1.165, 1.54) is 5.56 Å². The van der Waals surface area contributed by atoms with Gasteiger partial charge in [0.2, 0.25) is 5.91 Å². The van der Waals surface area contributed by atoms with Crippen LogP contribution in [0.3, 0.4) is 0 Å². The standard InChI is InChI=1S/C13H15NO2/c15-12-8-13(14-12)7-6-11(13)16-9-10-4-2-1-3-5-10/h1-5,11H,6-9H2,(H,14,15). The molecule has 0 radical (unpaired) electrons. The Morgan fingerprint density at radius 3 is 2.69 bits per heavy atom. The molecule has 1 aliphatic carbocycles. The van der Waals surface area contributed by atoms with Crippen LogP contribution in [0.5, 0.6) is 0 Å². The average molecular weight is 217 g/mol. The molecule has 1 N–H and O–H groups in total. The van der Waals surface area contributed by atoms with Crippen molar-refractivity contribution in [2.75, 3.05) is 0 Å². The maximum atomic E-state index is 11.0. The molecule has 84 valence electrons. The molecular formula is C13H15NO2. The molecule has 3 heteroatoms. The molecule has 2 fully saturated rings. The van der Waals surface area contributed by atoms with Crippen molar-refractivity contribution in [3.63, 3.8) is 0 Å². The Morgan fingerprint density at radius 2 is 2.12 bits per heavy atom. The fraction of sp³-hybridized carbons (Fsp3) is 0.462. The molecule has 2 unspecified atom stereocenters. The predicted octanol–water partition coefficient (Wildman–Crippen LogP) is 1.62. The van der Waals surface area contributed by atoms with Gasteiger partial charge in [0.1, 0.15) is 0 Å². The SMILES string of the molecule is O=C1CC2(CCC2OCc2ccccc2)N1. The van der Waals surface area contributed by atoms with E-state index in [0.29, 0.717) is 13.0 Å². The van der Waals surface area contributed by atoms with Crippen molar-refractivity contribution in [3.05, 3.63) is 35.9 Å². The van der Waals surface area contributed by atoms with Crippen LogP contribution < -0.4 is 5.32 Å². The largest absolute Gasteiger partial charge is 0.371 e.